The second kappa shape index (κ2) is 9.05. The van der Waals surface area contributed by atoms with Crippen LogP contribution in [-0.2, 0) is 17.8 Å². The highest BCUT2D eigenvalue weighted by atomic mass is 19.1. The number of para-hydroxylation sites is 1. The van der Waals surface area contributed by atoms with E-state index in [2.05, 4.69) is 20.6 Å². The van der Waals surface area contributed by atoms with E-state index >= 15 is 0 Å². The molecule has 0 radical (unpaired) electrons. The number of halogens is 1. The van der Waals surface area contributed by atoms with Gasteiger partial charge in [-0.3, -0.25) is 14.3 Å². The zero-order chi connectivity index (χ0) is 24.5. The number of primary amides is 1. The van der Waals surface area contributed by atoms with Gasteiger partial charge in [0.1, 0.15) is 18.3 Å². The molecule has 4 aromatic rings. The van der Waals surface area contributed by atoms with E-state index in [1.165, 1.54) is 12.1 Å². The first-order chi connectivity index (χ1) is 16.1. The predicted octanol–water partition coefficient (Wildman–Crippen LogP) is 3.15. The molecule has 176 valence electrons. The van der Waals surface area contributed by atoms with Crippen LogP contribution in [0.3, 0.4) is 0 Å². The molecule has 0 saturated carbocycles. The van der Waals surface area contributed by atoms with E-state index in [0.29, 0.717) is 11.9 Å². The van der Waals surface area contributed by atoms with E-state index in [0.717, 1.165) is 11.1 Å². The number of hydrogen-bond acceptors (Lipinski definition) is 6. The largest absolute Gasteiger partial charge is 0.422 e. The van der Waals surface area contributed by atoms with Crippen LogP contribution < -0.4 is 11.1 Å². The molecule has 10 heteroatoms. The summed E-state index contributed by atoms with van der Waals surface area (Å²) in [7, 11) is 0. The van der Waals surface area contributed by atoms with E-state index in [1.807, 2.05) is 45.0 Å². The molecule has 0 aliphatic heterocycles. The summed E-state index contributed by atoms with van der Waals surface area (Å²) in [5.74, 6) is -1.07. The molecule has 0 spiro atoms. The highest BCUT2D eigenvalue weighted by Crippen LogP contribution is 2.33. The van der Waals surface area contributed by atoms with Crippen LogP contribution in [0.2, 0.25) is 0 Å². The van der Waals surface area contributed by atoms with Crippen molar-refractivity contribution in [1.82, 2.24) is 25.3 Å². The van der Waals surface area contributed by atoms with Crippen LogP contribution in [0.5, 0.6) is 0 Å². The van der Waals surface area contributed by atoms with Crippen molar-refractivity contribution in [1.29, 1.82) is 0 Å². The van der Waals surface area contributed by atoms with Gasteiger partial charge >= 0.3 is 0 Å². The summed E-state index contributed by atoms with van der Waals surface area (Å²) in [6.07, 6.45) is -0.184. The Hall–Kier alpha value is -4.08. The van der Waals surface area contributed by atoms with Crippen LogP contribution in [0.15, 0.2) is 52.9 Å². The first-order valence-electron chi connectivity index (χ1n) is 10.7. The fourth-order valence-corrected chi connectivity index (χ4v) is 3.63. The summed E-state index contributed by atoms with van der Waals surface area (Å²) in [5.41, 5.74) is 6.58. The van der Waals surface area contributed by atoms with Gasteiger partial charge in [0, 0.05) is 5.39 Å². The number of nitrogens with two attached hydrogens (primary N) is 1. The SMILES string of the molecule is CC(C)(C)C(NC(=O)c1nn(Cc2ccc(F)cc2)c2ccccc12)c1nnc(CC(N)=O)o1. The van der Waals surface area contributed by atoms with E-state index in [-0.39, 0.29) is 29.7 Å². The fraction of sp³-hybridized carbons (Fsp3) is 0.292. The molecule has 9 nitrogen and oxygen atoms in total. The minimum atomic E-state index is -0.643. The number of rotatable bonds is 7. The van der Waals surface area contributed by atoms with Crippen molar-refractivity contribution in [2.75, 3.05) is 0 Å². The van der Waals surface area contributed by atoms with E-state index in [1.54, 1.807) is 16.8 Å². The second-order valence-corrected chi connectivity index (χ2v) is 9.10. The summed E-state index contributed by atoms with van der Waals surface area (Å²) in [6, 6.07) is 12.9. The highest BCUT2D eigenvalue weighted by Gasteiger charge is 2.34. The maximum atomic E-state index is 13.4. The van der Waals surface area contributed by atoms with Gasteiger partial charge in [0.2, 0.25) is 17.7 Å². The minimum Gasteiger partial charge on any atom is -0.422 e. The Bertz CT molecular complexity index is 1340. The molecule has 0 fully saturated rings. The van der Waals surface area contributed by atoms with E-state index in [9.17, 15) is 14.0 Å². The standard InChI is InChI=1S/C24H25FN6O3/c1-24(2,3)21(23-29-28-19(34-23)12-18(26)32)27-22(33)20-16-6-4-5-7-17(16)31(30-20)13-14-8-10-15(25)11-9-14/h4-11,21H,12-13H2,1-3H3,(H2,26,32)(H,27,33). The van der Waals surface area contributed by atoms with Crippen LogP contribution in [0, 0.1) is 11.2 Å². The molecule has 0 aliphatic carbocycles. The first-order valence-corrected chi connectivity index (χ1v) is 10.7. The summed E-state index contributed by atoms with van der Waals surface area (Å²) in [5, 5.41) is 16.1. The van der Waals surface area contributed by atoms with Crippen LogP contribution in [0.25, 0.3) is 10.9 Å². The Balaban J connectivity index is 1.65. The molecule has 3 N–H and O–H groups in total. The predicted molar refractivity (Wildman–Crippen MR) is 122 cm³/mol. The third kappa shape index (κ3) is 4.95. The number of carbonyl (C=O) groups excluding carboxylic acids is 2. The zero-order valence-electron chi connectivity index (χ0n) is 19.1. The molecule has 0 saturated heterocycles. The van der Waals surface area contributed by atoms with Crippen molar-refractivity contribution in [3.05, 3.63) is 77.4 Å². The van der Waals surface area contributed by atoms with Gasteiger partial charge in [0.05, 0.1) is 12.1 Å². The molecule has 34 heavy (non-hydrogen) atoms. The van der Waals surface area contributed by atoms with Crippen LogP contribution >= 0.6 is 0 Å². The lowest BCUT2D eigenvalue weighted by Gasteiger charge is -2.28. The van der Waals surface area contributed by atoms with Crippen LogP contribution in [-0.4, -0.2) is 31.8 Å². The van der Waals surface area contributed by atoms with Gasteiger partial charge in [0.25, 0.3) is 5.91 Å². The highest BCUT2D eigenvalue weighted by molar-refractivity contribution is 6.05. The van der Waals surface area contributed by atoms with Gasteiger partial charge < -0.3 is 15.5 Å². The van der Waals surface area contributed by atoms with Crippen molar-refractivity contribution < 1.29 is 18.4 Å². The van der Waals surface area contributed by atoms with Gasteiger partial charge in [-0.1, -0.05) is 51.1 Å². The summed E-state index contributed by atoms with van der Waals surface area (Å²) in [6.45, 7) is 6.13. The van der Waals surface area contributed by atoms with E-state index < -0.39 is 23.3 Å². The molecular formula is C24H25FN6O3. The van der Waals surface area contributed by atoms with Gasteiger partial charge in [0.15, 0.2) is 5.69 Å². The van der Waals surface area contributed by atoms with Gasteiger partial charge in [-0.25, -0.2) is 4.39 Å². The Morgan fingerprint density at radius 2 is 1.82 bits per heavy atom. The molecule has 1 atom stereocenters. The number of nitrogens with one attached hydrogen (secondary N) is 1. The van der Waals surface area contributed by atoms with Crippen LogP contribution in [0.1, 0.15) is 54.6 Å². The van der Waals surface area contributed by atoms with Crippen molar-refractivity contribution in [3.8, 4) is 0 Å². The quantitative estimate of drug-likeness (QED) is 0.432. The molecule has 2 heterocycles. The van der Waals surface area contributed by atoms with Crippen molar-refractivity contribution in [2.45, 2.75) is 39.8 Å². The molecular weight excluding hydrogens is 439 g/mol. The molecule has 4 rings (SSSR count). The molecule has 2 amide bonds. The Kier molecular flexibility index (Phi) is 6.14. The number of nitrogens with zero attached hydrogens (tertiary/aromatic N) is 4. The monoisotopic (exact) mass is 464 g/mol. The lowest BCUT2D eigenvalue weighted by molar-refractivity contribution is -0.117. The van der Waals surface area contributed by atoms with Crippen molar-refractivity contribution >= 4 is 22.7 Å². The molecule has 2 aromatic heterocycles. The number of hydrogen-bond donors (Lipinski definition) is 2. The third-order valence-corrected chi connectivity index (χ3v) is 5.31. The number of benzene rings is 2. The number of amides is 2. The normalized spacial score (nSPS) is 12.6. The van der Waals surface area contributed by atoms with Gasteiger partial charge in [-0.15, -0.1) is 10.2 Å². The molecule has 2 aromatic carbocycles. The Morgan fingerprint density at radius 1 is 1.12 bits per heavy atom. The van der Waals surface area contributed by atoms with E-state index in [4.69, 9.17) is 10.2 Å². The van der Waals surface area contributed by atoms with Gasteiger partial charge in [-0.05, 0) is 29.2 Å². The number of aromatic nitrogens is 4. The number of fused-ring (bicyclic) bond motifs is 1. The topological polar surface area (TPSA) is 129 Å². The summed E-state index contributed by atoms with van der Waals surface area (Å²) >= 11 is 0. The Morgan fingerprint density at radius 3 is 2.50 bits per heavy atom. The van der Waals surface area contributed by atoms with Crippen molar-refractivity contribution in [3.63, 3.8) is 0 Å². The lowest BCUT2D eigenvalue weighted by atomic mass is 9.86. The minimum absolute atomic E-state index is 0.0834. The van der Waals surface area contributed by atoms with Crippen LogP contribution in [0.4, 0.5) is 4.39 Å². The average Bonchev–Trinajstić information content (AvgIpc) is 3.37. The number of carbonyl (C=O) groups is 2. The zero-order valence-corrected chi connectivity index (χ0v) is 19.1. The Labute approximate surface area is 195 Å². The summed E-state index contributed by atoms with van der Waals surface area (Å²) in [4.78, 5) is 24.6. The molecule has 1 unspecified atom stereocenters. The fourth-order valence-electron chi connectivity index (χ4n) is 3.63. The smallest absolute Gasteiger partial charge is 0.273 e. The lowest BCUT2D eigenvalue weighted by Crippen LogP contribution is -2.37. The maximum Gasteiger partial charge on any atom is 0.273 e. The van der Waals surface area contributed by atoms with Gasteiger partial charge in [-0.2, -0.15) is 5.10 Å². The first kappa shape index (κ1) is 23.1. The summed E-state index contributed by atoms with van der Waals surface area (Å²) < 4.78 is 20.6. The van der Waals surface area contributed by atoms with Crippen molar-refractivity contribution in [2.24, 2.45) is 11.1 Å². The average molecular weight is 465 g/mol. The molecule has 0 bridgehead atoms. The maximum absolute atomic E-state index is 13.4. The third-order valence-electron chi connectivity index (χ3n) is 5.31. The molecule has 0 aliphatic rings. The second-order valence-electron chi connectivity index (χ2n) is 9.10.